The number of aliphatic hydroxyl groups excluding tert-OH is 1. The van der Waals surface area contributed by atoms with Crippen LogP contribution in [0.2, 0.25) is 18.1 Å². The maximum Gasteiger partial charge on any atom is 0.256 e. The van der Waals surface area contributed by atoms with E-state index in [1.54, 1.807) is 49.2 Å². The van der Waals surface area contributed by atoms with E-state index in [1.807, 2.05) is 6.07 Å². The Labute approximate surface area is 212 Å². The number of nitrogens with one attached hydrogen (secondary N) is 1. The normalized spacial score (nSPS) is 23.7. The number of amides is 1. The number of aliphatic hydroxyl groups is 1. The molecule has 2 aromatic heterocycles. The van der Waals surface area contributed by atoms with Crippen LogP contribution in [-0.2, 0) is 13.9 Å². The summed E-state index contributed by atoms with van der Waals surface area (Å²) in [4.78, 5) is 25.8. The zero-order chi connectivity index (χ0) is 26.3. The van der Waals surface area contributed by atoms with Crippen LogP contribution in [0.15, 0.2) is 43.0 Å². The molecule has 4 rings (SSSR count). The Hall–Kier alpha value is -2.70. The van der Waals surface area contributed by atoms with Crippen LogP contribution in [0.1, 0.15) is 44.3 Å². The van der Waals surface area contributed by atoms with Crippen LogP contribution in [0.4, 0.5) is 5.82 Å². The van der Waals surface area contributed by atoms with Crippen LogP contribution >= 0.6 is 0 Å². The summed E-state index contributed by atoms with van der Waals surface area (Å²) in [5.41, 5.74) is 1.40. The number of hydrogen-bond donors (Lipinski definition) is 2. The number of aromatic nitrogens is 4. The molecule has 11 heteroatoms. The van der Waals surface area contributed by atoms with Crippen molar-refractivity contribution in [1.29, 1.82) is 0 Å². The highest BCUT2D eigenvalue weighted by atomic mass is 28.4. The highest BCUT2D eigenvalue weighted by Crippen LogP contribution is 2.43. The number of carbonyl (C=O) groups is 1. The zero-order valence-corrected chi connectivity index (χ0v) is 22.8. The summed E-state index contributed by atoms with van der Waals surface area (Å²) in [5.74, 6) is -0.00486. The number of hydrogen-bond acceptors (Lipinski definition) is 8. The second-order valence-corrected chi connectivity index (χ2v) is 15.4. The lowest BCUT2D eigenvalue weighted by molar-refractivity contribution is -0.0789. The minimum absolute atomic E-state index is 0.0343. The van der Waals surface area contributed by atoms with Gasteiger partial charge in [0, 0.05) is 12.7 Å². The third-order valence-electron chi connectivity index (χ3n) is 7.11. The molecule has 36 heavy (non-hydrogen) atoms. The number of imidazole rings is 1. The van der Waals surface area contributed by atoms with Gasteiger partial charge in [0.2, 0.25) is 0 Å². The number of rotatable bonds is 7. The van der Waals surface area contributed by atoms with Crippen molar-refractivity contribution in [2.45, 2.75) is 76.5 Å². The van der Waals surface area contributed by atoms with Gasteiger partial charge in [-0.3, -0.25) is 9.36 Å². The Kier molecular flexibility index (Phi) is 7.31. The molecule has 0 spiro atoms. The molecular weight excluding hydrogens is 478 g/mol. The van der Waals surface area contributed by atoms with Crippen LogP contribution in [0.3, 0.4) is 0 Å². The molecule has 1 aliphatic rings. The van der Waals surface area contributed by atoms with Crippen LogP contribution in [-0.4, -0.2) is 70.4 Å². The van der Waals surface area contributed by atoms with Gasteiger partial charge in [0.05, 0.1) is 12.4 Å². The van der Waals surface area contributed by atoms with E-state index < -0.39 is 39.0 Å². The molecule has 3 aromatic rings. The number of fused-ring (bicyclic) bond motifs is 1. The summed E-state index contributed by atoms with van der Waals surface area (Å²) in [6.07, 6.45) is -0.0960. The van der Waals surface area contributed by atoms with Gasteiger partial charge in [0.25, 0.3) is 5.91 Å². The van der Waals surface area contributed by atoms with E-state index in [9.17, 15) is 9.90 Å². The van der Waals surface area contributed by atoms with Crippen LogP contribution in [0, 0.1) is 0 Å². The van der Waals surface area contributed by atoms with Crippen LogP contribution < -0.4 is 5.32 Å². The predicted octanol–water partition coefficient (Wildman–Crippen LogP) is 3.76. The van der Waals surface area contributed by atoms with Crippen molar-refractivity contribution in [3.8, 4) is 0 Å². The van der Waals surface area contributed by atoms with Crippen molar-refractivity contribution < 1.29 is 23.8 Å². The first-order valence-corrected chi connectivity index (χ1v) is 14.9. The number of carbonyl (C=O) groups excluding carboxylic acids is 1. The molecule has 1 aromatic carbocycles. The van der Waals surface area contributed by atoms with Gasteiger partial charge in [-0.15, -0.1) is 0 Å². The largest absolute Gasteiger partial charge is 0.408 e. The summed E-state index contributed by atoms with van der Waals surface area (Å²) < 4.78 is 20.7. The third-order valence-corrected chi connectivity index (χ3v) is 11.6. The molecule has 0 saturated carbocycles. The minimum Gasteiger partial charge on any atom is -0.408 e. The Balaban J connectivity index is 1.67. The first-order chi connectivity index (χ1) is 16.9. The number of benzene rings is 1. The van der Waals surface area contributed by atoms with E-state index in [4.69, 9.17) is 13.9 Å². The zero-order valence-electron chi connectivity index (χ0n) is 21.8. The lowest BCUT2D eigenvalue weighted by Crippen LogP contribution is -2.51. The summed E-state index contributed by atoms with van der Waals surface area (Å²) in [6, 6.07) is 8.88. The van der Waals surface area contributed by atoms with Gasteiger partial charge < -0.3 is 24.3 Å². The Morgan fingerprint density at radius 3 is 2.47 bits per heavy atom. The van der Waals surface area contributed by atoms with Crippen molar-refractivity contribution >= 4 is 31.2 Å². The lowest BCUT2D eigenvalue weighted by Gasteiger charge is -2.40. The molecule has 5 atom stereocenters. The highest BCUT2D eigenvalue weighted by Gasteiger charge is 2.52. The van der Waals surface area contributed by atoms with Gasteiger partial charge >= 0.3 is 0 Å². The van der Waals surface area contributed by atoms with E-state index in [0.717, 1.165) is 0 Å². The van der Waals surface area contributed by atoms with Crippen molar-refractivity contribution in [2.24, 2.45) is 0 Å². The number of ether oxygens (including phenoxy) is 2. The van der Waals surface area contributed by atoms with Gasteiger partial charge in [-0.2, -0.15) is 0 Å². The van der Waals surface area contributed by atoms with Crippen molar-refractivity contribution in [2.75, 3.05) is 12.4 Å². The smallest absolute Gasteiger partial charge is 0.256 e. The standard InChI is InChI=1S/C25H35N5O5Si/c1-15(31)18-19(35-36(6,7)25(2,3)4)20(33-5)24(34-18)30-14-28-17-21(26-13-27-22(17)30)29-23(32)16-11-9-8-10-12-16/h8-15,18-20,24,31H,1-7H3,(H,26,27,29,32)/t15-,18-,19-,20-,24-/m1/s1. The maximum absolute atomic E-state index is 12.7. The minimum atomic E-state index is -2.21. The SMILES string of the molecule is CO[C@@H]1[C@H](O[Si](C)(C)C(C)(C)C)[C@@H]([C@@H](C)O)O[C@H]1n1cnc2c(NC(=O)c3ccccc3)ncnc21. The molecule has 0 unspecified atom stereocenters. The highest BCUT2D eigenvalue weighted by molar-refractivity contribution is 6.74. The average Bonchev–Trinajstić information content (AvgIpc) is 3.40. The molecule has 0 radical (unpaired) electrons. The fraction of sp³-hybridized carbons (Fsp3) is 0.520. The summed E-state index contributed by atoms with van der Waals surface area (Å²) in [7, 11) is -0.608. The molecule has 10 nitrogen and oxygen atoms in total. The summed E-state index contributed by atoms with van der Waals surface area (Å²) in [5, 5.41) is 13.4. The van der Waals surface area contributed by atoms with Crippen LogP contribution in [0.5, 0.6) is 0 Å². The molecule has 0 aliphatic carbocycles. The molecular formula is C25H35N5O5Si. The van der Waals surface area contributed by atoms with Gasteiger partial charge in [-0.05, 0) is 37.2 Å². The summed E-state index contributed by atoms with van der Waals surface area (Å²) in [6.45, 7) is 12.5. The second kappa shape index (κ2) is 9.98. The molecule has 1 fully saturated rings. The Morgan fingerprint density at radius 1 is 1.17 bits per heavy atom. The summed E-state index contributed by atoms with van der Waals surface area (Å²) >= 11 is 0. The van der Waals surface area contributed by atoms with Gasteiger partial charge in [0.15, 0.2) is 31.5 Å². The first-order valence-electron chi connectivity index (χ1n) is 12.0. The fourth-order valence-corrected chi connectivity index (χ4v) is 5.38. The number of methoxy groups -OCH3 is 1. The monoisotopic (exact) mass is 513 g/mol. The second-order valence-electron chi connectivity index (χ2n) is 10.6. The fourth-order valence-electron chi connectivity index (χ4n) is 4.08. The Morgan fingerprint density at radius 2 is 1.86 bits per heavy atom. The molecule has 3 heterocycles. The van der Waals surface area contributed by atoms with E-state index in [0.29, 0.717) is 22.5 Å². The van der Waals surface area contributed by atoms with E-state index in [2.05, 4.69) is 54.1 Å². The first kappa shape index (κ1) is 26.4. The van der Waals surface area contributed by atoms with E-state index in [1.165, 1.54) is 6.33 Å². The molecule has 194 valence electrons. The molecule has 1 saturated heterocycles. The maximum atomic E-state index is 12.7. The van der Waals surface area contributed by atoms with Crippen molar-refractivity contribution in [3.63, 3.8) is 0 Å². The van der Waals surface area contributed by atoms with E-state index >= 15 is 0 Å². The van der Waals surface area contributed by atoms with Gasteiger partial charge in [-0.25, -0.2) is 15.0 Å². The Bertz CT molecular complexity index is 1210. The predicted molar refractivity (Wildman–Crippen MR) is 138 cm³/mol. The van der Waals surface area contributed by atoms with Crippen molar-refractivity contribution in [1.82, 2.24) is 19.5 Å². The van der Waals surface area contributed by atoms with Crippen molar-refractivity contribution in [3.05, 3.63) is 48.5 Å². The number of anilines is 1. The van der Waals surface area contributed by atoms with Gasteiger partial charge in [0.1, 0.15) is 24.6 Å². The third kappa shape index (κ3) is 4.93. The van der Waals surface area contributed by atoms with Gasteiger partial charge in [-0.1, -0.05) is 39.0 Å². The van der Waals surface area contributed by atoms with Crippen LogP contribution in [0.25, 0.3) is 11.2 Å². The average molecular weight is 514 g/mol. The molecule has 0 bridgehead atoms. The topological polar surface area (TPSA) is 121 Å². The van der Waals surface area contributed by atoms with E-state index in [-0.39, 0.29) is 10.9 Å². The number of nitrogens with zero attached hydrogens (tertiary/aromatic N) is 4. The molecule has 1 aliphatic heterocycles. The quantitative estimate of drug-likeness (QED) is 0.458. The molecule has 1 amide bonds. The lowest BCUT2D eigenvalue weighted by atomic mass is 10.1. The molecule has 2 N–H and O–H groups in total.